The fourth-order valence-electron chi connectivity index (χ4n) is 2.10. The number of rotatable bonds is 5. The lowest BCUT2D eigenvalue weighted by Crippen LogP contribution is -2.35. The average Bonchev–Trinajstić information content (AvgIpc) is 2.69. The Labute approximate surface area is 123 Å². The summed E-state index contributed by atoms with van der Waals surface area (Å²) in [4.78, 5) is 20.6. The summed E-state index contributed by atoms with van der Waals surface area (Å²) in [7, 11) is 0. The SMILES string of the molecule is Cc1ccnc2c1nc(CCCl)n2CC(C)(C)C(N)=O. The topological polar surface area (TPSA) is 73.8 Å². The smallest absolute Gasteiger partial charge is 0.224 e. The molecule has 1 amide bonds. The number of hydrogen-bond acceptors (Lipinski definition) is 3. The van der Waals surface area contributed by atoms with Crippen molar-refractivity contribution in [1.29, 1.82) is 0 Å². The maximum absolute atomic E-state index is 11.6. The molecule has 2 aromatic rings. The highest BCUT2D eigenvalue weighted by atomic mass is 35.5. The number of imidazole rings is 1. The molecule has 0 saturated heterocycles. The van der Waals surface area contributed by atoms with Crippen LogP contribution in [0.3, 0.4) is 0 Å². The summed E-state index contributed by atoms with van der Waals surface area (Å²) in [6, 6.07) is 1.92. The van der Waals surface area contributed by atoms with E-state index in [9.17, 15) is 4.79 Å². The van der Waals surface area contributed by atoms with E-state index in [1.54, 1.807) is 6.20 Å². The van der Waals surface area contributed by atoms with E-state index in [4.69, 9.17) is 17.3 Å². The van der Waals surface area contributed by atoms with E-state index < -0.39 is 5.41 Å². The number of primary amides is 1. The number of carbonyl (C=O) groups is 1. The quantitative estimate of drug-likeness (QED) is 0.858. The number of nitrogens with zero attached hydrogens (tertiary/aromatic N) is 3. The van der Waals surface area contributed by atoms with E-state index in [2.05, 4.69) is 9.97 Å². The second-order valence-electron chi connectivity index (χ2n) is 5.60. The summed E-state index contributed by atoms with van der Waals surface area (Å²) in [5.41, 5.74) is 7.49. The zero-order valence-corrected chi connectivity index (χ0v) is 12.7. The first kappa shape index (κ1) is 14.8. The molecule has 0 aliphatic carbocycles. The number of halogens is 1. The second kappa shape index (κ2) is 5.40. The van der Waals surface area contributed by atoms with Gasteiger partial charge in [-0.25, -0.2) is 9.97 Å². The van der Waals surface area contributed by atoms with Gasteiger partial charge in [-0.3, -0.25) is 4.79 Å². The van der Waals surface area contributed by atoms with Crippen molar-refractivity contribution in [2.75, 3.05) is 5.88 Å². The predicted octanol–water partition coefficient (Wildman–Crippen LogP) is 2.03. The van der Waals surface area contributed by atoms with E-state index >= 15 is 0 Å². The number of aromatic nitrogens is 3. The molecule has 0 aromatic carbocycles. The molecule has 6 heteroatoms. The average molecular weight is 295 g/mol. The molecule has 0 radical (unpaired) electrons. The maximum atomic E-state index is 11.6. The molecule has 2 aromatic heterocycles. The van der Waals surface area contributed by atoms with Gasteiger partial charge in [0.1, 0.15) is 11.3 Å². The van der Waals surface area contributed by atoms with Crippen molar-refractivity contribution in [2.45, 2.75) is 33.7 Å². The van der Waals surface area contributed by atoms with Gasteiger partial charge in [0.2, 0.25) is 5.91 Å². The van der Waals surface area contributed by atoms with E-state index in [0.717, 1.165) is 22.6 Å². The molecule has 2 rings (SSSR count). The van der Waals surface area contributed by atoms with Crippen LogP contribution in [0.25, 0.3) is 11.2 Å². The third kappa shape index (κ3) is 2.63. The molecule has 0 bridgehead atoms. The minimum Gasteiger partial charge on any atom is -0.369 e. The molecule has 0 unspecified atom stereocenters. The van der Waals surface area contributed by atoms with Crippen LogP contribution in [-0.4, -0.2) is 26.3 Å². The van der Waals surface area contributed by atoms with Crippen LogP contribution in [-0.2, 0) is 17.8 Å². The number of aryl methyl sites for hydroxylation is 2. The van der Waals surface area contributed by atoms with Crippen molar-refractivity contribution in [3.63, 3.8) is 0 Å². The summed E-state index contributed by atoms with van der Waals surface area (Å²) < 4.78 is 1.95. The highest BCUT2D eigenvalue weighted by molar-refractivity contribution is 6.17. The van der Waals surface area contributed by atoms with Crippen molar-refractivity contribution in [3.05, 3.63) is 23.7 Å². The van der Waals surface area contributed by atoms with Crippen molar-refractivity contribution in [2.24, 2.45) is 11.1 Å². The Morgan fingerprint density at radius 3 is 2.80 bits per heavy atom. The van der Waals surface area contributed by atoms with Gasteiger partial charge in [0.05, 0.1) is 5.41 Å². The van der Waals surface area contributed by atoms with Gasteiger partial charge in [0, 0.05) is 25.0 Å². The minimum atomic E-state index is -0.667. The molecule has 2 heterocycles. The number of hydrogen-bond donors (Lipinski definition) is 1. The number of carbonyl (C=O) groups excluding carboxylic acids is 1. The highest BCUT2D eigenvalue weighted by Crippen LogP contribution is 2.24. The lowest BCUT2D eigenvalue weighted by molar-refractivity contribution is -0.126. The van der Waals surface area contributed by atoms with Crippen LogP contribution in [0.1, 0.15) is 25.2 Å². The summed E-state index contributed by atoms with van der Waals surface area (Å²) in [5, 5.41) is 0. The van der Waals surface area contributed by atoms with E-state index in [1.165, 1.54) is 0 Å². The van der Waals surface area contributed by atoms with Gasteiger partial charge in [-0.1, -0.05) is 0 Å². The normalized spacial score (nSPS) is 12.0. The summed E-state index contributed by atoms with van der Waals surface area (Å²) in [6.45, 7) is 6.08. The molecule has 2 N–H and O–H groups in total. The molecular formula is C14H19ClN4O. The van der Waals surface area contributed by atoms with Gasteiger partial charge in [-0.05, 0) is 32.4 Å². The number of alkyl halides is 1. The van der Waals surface area contributed by atoms with Crippen LogP contribution in [0.5, 0.6) is 0 Å². The number of amides is 1. The van der Waals surface area contributed by atoms with Crippen LogP contribution in [0.2, 0.25) is 0 Å². The largest absolute Gasteiger partial charge is 0.369 e. The van der Waals surface area contributed by atoms with Crippen molar-refractivity contribution in [1.82, 2.24) is 14.5 Å². The number of pyridine rings is 1. The molecular weight excluding hydrogens is 276 g/mol. The van der Waals surface area contributed by atoms with Gasteiger partial charge in [0.15, 0.2) is 5.65 Å². The summed E-state index contributed by atoms with van der Waals surface area (Å²) in [5.74, 6) is 0.967. The maximum Gasteiger partial charge on any atom is 0.224 e. The van der Waals surface area contributed by atoms with Gasteiger partial charge in [-0.15, -0.1) is 11.6 Å². The lowest BCUT2D eigenvalue weighted by Gasteiger charge is -2.22. The molecule has 108 valence electrons. The van der Waals surface area contributed by atoms with Gasteiger partial charge >= 0.3 is 0 Å². The van der Waals surface area contributed by atoms with E-state index in [0.29, 0.717) is 18.8 Å². The van der Waals surface area contributed by atoms with Crippen LogP contribution in [0, 0.1) is 12.3 Å². The minimum absolute atomic E-state index is 0.344. The Morgan fingerprint density at radius 1 is 1.50 bits per heavy atom. The zero-order chi connectivity index (χ0) is 14.9. The van der Waals surface area contributed by atoms with Gasteiger partial charge < -0.3 is 10.3 Å². The fourth-order valence-corrected chi connectivity index (χ4v) is 2.27. The first-order valence-corrected chi connectivity index (χ1v) is 7.07. The van der Waals surface area contributed by atoms with Crippen LogP contribution >= 0.6 is 11.6 Å². The third-order valence-corrected chi connectivity index (χ3v) is 3.64. The molecule has 20 heavy (non-hydrogen) atoms. The molecule has 0 saturated carbocycles. The zero-order valence-electron chi connectivity index (χ0n) is 12.0. The fraction of sp³-hybridized carbons (Fsp3) is 0.500. The van der Waals surface area contributed by atoms with Gasteiger partial charge in [-0.2, -0.15) is 0 Å². The Hall–Kier alpha value is -1.62. The standard InChI is InChI=1S/C14H19ClN4O/c1-9-5-7-17-12-11(9)18-10(4-6-15)19(12)8-14(2,3)13(16)20/h5,7H,4,6,8H2,1-3H3,(H2,16,20). The first-order chi connectivity index (χ1) is 9.36. The van der Waals surface area contributed by atoms with Crippen LogP contribution in [0.15, 0.2) is 12.3 Å². The van der Waals surface area contributed by atoms with Crippen molar-refractivity contribution in [3.8, 4) is 0 Å². The molecule has 0 spiro atoms. The monoisotopic (exact) mass is 294 g/mol. The van der Waals surface area contributed by atoms with Crippen molar-refractivity contribution >= 4 is 28.7 Å². The Bertz CT molecular complexity index is 648. The molecule has 0 aliphatic heterocycles. The summed E-state index contributed by atoms with van der Waals surface area (Å²) in [6.07, 6.45) is 2.38. The molecule has 5 nitrogen and oxygen atoms in total. The Balaban J connectivity index is 2.57. The van der Waals surface area contributed by atoms with Crippen LogP contribution in [0.4, 0.5) is 0 Å². The molecule has 0 atom stereocenters. The third-order valence-electron chi connectivity index (χ3n) is 3.45. The van der Waals surface area contributed by atoms with Crippen molar-refractivity contribution < 1.29 is 4.79 Å². The predicted molar refractivity (Wildman–Crippen MR) is 79.7 cm³/mol. The van der Waals surface area contributed by atoms with Gasteiger partial charge in [0.25, 0.3) is 0 Å². The van der Waals surface area contributed by atoms with Crippen LogP contribution < -0.4 is 5.73 Å². The van der Waals surface area contributed by atoms with E-state index in [1.807, 2.05) is 31.4 Å². The number of nitrogens with two attached hydrogens (primary N) is 1. The molecule has 0 aliphatic rings. The Kier molecular flexibility index (Phi) is 3.99. The second-order valence-corrected chi connectivity index (χ2v) is 5.98. The molecule has 0 fully saturated rings. The number of fused-ring (bicyclic) bond motifs is 1. The Morgan fingerprint density at radius 2 is 2.20 bits per heavy atom. The van der Waals surface area contributed by atoms with E-state index in [-0.39, 0.29) is 5.91 Å². The summed E-state index contributed by atoms with van der Waals surface area (Å²) >= 11 is 5.84. The first-order valence-electron chi connectivity index (χ1n) is 6.53. The highest BCUT2D eigenvalue weighted by Gasteiger charge is 2.28. The lowest BCUT2D eigenvalue weighted by atomic mass is 9.92.